The van der Waals surface area contributed by atoms with E-state index in [1.807, 2.05) is 19.1 Å². The molecule has 0 aliphatic carbocycles. The lowest BCUT2D eigenvalue weighted by molar-refractivity contribution is 0.517. The predicted octanol–water partition coefficient (Wildman–Crippen LogP) is 4.29. The summed E-state index contributed by atoms with van der Waals surface area (Å²) in [5.41, 5.74) is 1.33. The van der Waals surface area contributed by atoms with Crippen LogP contribution in [0.15, 0.2) is 35.4 Å². The van der Waals surface area contributed by atoms with Crippen molar-refractivity contribution in [2.45, 2.75) is 27.7 Å². The summed E-state index contributed by atoms with van der Waals surface area (Å²) in [6.07, 6.45) is 5.98. The van der Waals surface area contributed by atoms with Crippen molar-refractivity contribution in [3.05, 3.63) is 35.4 Å². The van der Waals surface area contributed by atoms with E-state index >= 15 is 0 Å². The largest absolute Gasteiger partial charge is 0.0874 e. The van der Waals surface area contributed by atoms with Gasteiger partial charge in [-0.05, 0) is 24.0 Å². The van der Waals surface area contributed by atoms with E-state index in [4.69, 9.17) is 11.6 Å². The Morgan fingerprint density at radius 1 is 1.33 bits per heavy atom. The Bertz CT molecular complexity index is 214. The maximum absolute atomic E-state index is 5.71. The van der Waals surface area contributed by atoms with Gasteiger partial charge in [0.1, 0.15) is 0 Å². The molecule has 0 saturated heterocycles. The predicted molar refractivity (Wildman–Crippen MR) is 57.3 cm³/mol. The van der Waals surface area contributed by atoms with E-state index < -0.39 is 0 Å². The van der Waals surface area contributed by atoms with Crippen LogP contribution in [-0.4, -0.2) is 0 Å². The van der Waals surface area contributed by atoms with Crippen LogP contribution in [0.1, 0.15) is 27.7 Å². The third-order valence-corrected chi connectivity index (χ3v) is 1.63. The van der Waals surface area contributed by atoms with Crippen molar-refractivity contribution in [1.82, 2.24) is 0 Å². The number of rotatable bonds is 2. The minimum absolute atomic E-state index is 0.129. The Balaban J connectivity index is 4.80. The number of hydrogen-bond acceptors (Lipinski definition) is 0. The van der Waals surface area contributed by atoms with Gasteiger partial charge in [-0.25, -0.2) is 0 Å². The van der Waals surface area contributed by atoms with E-state index in [2.05, 4.69) is 33.4 Å². The molecule has 0 spiro atoms. The highest BCUT2D eigenvalue weighted by Gasteiger charge is 2.13. The third-order valence-electron chi connectivity index (χ3n) is 1.52. The van der Waals surface area contributed by atoms with Gasteiger partial charge >= 0.3 is 0 Å². The van der Waals surface area contributed by atoms with Crippen molar-refractivity contribution in [3.63, 3.8) is 0 Å². The van der Waals surface area contributed by atoms with Gasteiger partial charge in [0.2, 0.25) is 0 Å². The van der Waals surface area contributed by atoms with Gasteiger partial charge in [-0.3, -0.25) is 0 Å². The molecular weight excluding hydrogens is 168 g/mol. The van der Waals surface area contributed by atoms with Crippen LogP contribution in [0.25, 0.3) is 0 Å². The first-order valence-electron chi connectivity index (χ1n) is 4.07. The van der Waals surface area contributed by atoms with E-state index in [0.29, 0.717) is 5.03 Å². The molecule has 0 rings (SSSR count). The van der Waals surface area contributed by atoms with Crippen molar-refractivity contribution >= 4 is 11.6 Å². The molecule has 12 heavy (non-hydrogen) atoms. The Kier molecular flexibility index (Phi) is 4.33. The lowest BCUT2D eigenvalue weighted by Crippen LogP contribution is -2.07. The van der Waals surface area contributed by atoms with Gasteiger partial charge in [0.05, 0.1) is 0 Å². The summed E-state index contributed by atoms with van der Waals surface area (Å²) >= 11 is 5.71. The van der Waals surface area contributed by atoms with Gasteiger partial charge in [-0.15, -0.1) is 0 Å². The molecule has 68 valence electrons. The Morgan fingerprint density at radius 2 is 1.83 bits per heavy atom. The SMILES string of the molecule is C=C(Cl)/C=C(\C=C/C)C(C)(C)C. The average molecular weight is 185 g/mol. The van der Waals surface area contributed by atoms with E-state index in [9.17, 15) is 0 Å². The van der Waals surface area contributed by atoms with E-state index in [-0.39, 0.29) is 5.41 Å². The topological polar surface area (TPSA) is 0 Å². The Hall–Kier alpha value is -0.490. The van der Waals surface area contributed by atoms with Crippen molar-refractivity contribution in [2.24, 2.45) is 5.41 Å². The maximum atomic E-state index is 5.71. The zero-order valence-corrected chi connectivity index (χ0v) is 9.07. The molecule has 1 heteroatoms. The van der Waals surface area contributed by atoms with Gasteiger partial charge < -0.3 is 0 Å². The van der Waals surface area contributed by atoms with E-state index in [1.54, 1.807) is 0 Å². The van der Waals surface area contributed by atoms with Crippen LogP contribution in [-0.2, 0) is 0 Å². The molecule has 0 bridgehead atoms. The fraction of sp³-hybridized carbons (Fsp3) is 0.455. The zero-order chi connectivity index (χ0) is 9.78. The summed E-state index contributed by atoms with van der Waals surface area (Å²) in [7, 11) is 0. The molecule has 0 aliphatic rings. The molecule has 0 radical (unpaired) electrons. The molecule has 0 aromatic rings. The zero-order valence-electron chi connectivity index (χ0n) is 8.32. The monoisotopic (exact) mass is 184 g/mol. The van der Waals surface area contributed by atoms with Crippen molar-refractivity contribution in [3.8, 4) is 0 Å². The third kappa shape index (κ3) is 4.40. The average Bonchev–Trinajstić information content (AvgIpc) is 1.83. The quantitative estimate of drug-likeness (QED) is 0.562. The molecule has 0 aliphatic heterocycles. The lowest BCUT2D eigenvalue weighted by atomic mass is 9.86. The van der Waals surface area contributed by atoms with Crippen LogP contribution < -0.4 is 0 Å². The maximum Gasteiger partial charge on any atom is 0.0337 e. The number of halogens is 1. The summed E-state index contributed by atoms with van der Waals surface area (Å²) in [5, 5.41) is 0.582. The Morgan fingerprint density at radius 3 is 2.08 bits per heavy atom. The first-order valence-corrected chi connectivity index (χ1v) is 4.45. The van der Waals surface area contributed by atoms with E-state index in [1.165, 1.54) is 5.57 Å². The molecule has 0 unspecified atom stereocenters. The van der Waals surface area contributed by atoms with Gasteiger partial charge in [-0.1, -0.05) is 51.1 Å². The lowest BCUT2D eigenvalue weighted by Gasteiger charge is -2.20. The highest BCUT2D eigenvalue weighted by molar-refractivity contribution is 6.30. The second kappa shape index (κ2) is 4.51. The summed E-state index contributed by atoms with van der Waals surface area (Å²) in [6, 6.07) is 0. The molecule has 0 amide bonds. The molecule has 0 heterocycles. The number of allylic oxidation sites excluding steroid dienone is 5. The van der Waals surface area contributed by atoms with Crippen molar-refractivity contribution < 1.29 is 0 Å². The molecule has 0 saturated carbocycles. The molecule has 0 aromatic heterocycles. The molecule has 0 atom stereocenters. The standard InChI is InChI=1S/C11H17Cl/c1-6-7-10(8-9(2)12)11(3,4)5/h6-8H,2H2,1,3-5H3/b7-6-,10-8+. The van der Waals surface area contributed by atoms with Crippen LogP contribution >= 0.6 is 11.6 Å². The second-order valence-electron chi connectivity index (χ2n) is 3.80. The van der Waals surface area contributed by atoms with Crippen LogP contribution in [0.5, 0.6) is 0 Å². The van der Waals surface area contributed by atoms with Gasteiger partial charge in [0.25, 0.3) is 0 Å². The highest BCUT2D eigenvalue weighted by atomic mass is 35.5. The smallest absolute Gasteiger partial charge is 0.0337 e. The fourth-order valence-corrected chi connectivity index (χ4v) is 0.980. The van der Waals surface area contributed by atoms with Crippen molar-refractivity contribution in [1.29, 1.82) is 0 Å². The van der Waals surface area contributed by atoms with Crippen molar-refractivity contribution in [2.75, 3.05) is 0 Å². The minimum Gasteiger partial charge on any atom is -0.0874 e. The van der Waals surface area contributed by atoms with Gasteiger partial charge in [0.15, 0.2) is 0 Å². The number of hydrogen-bond donors (Lipinski definition) is 0. The molecule has 0 aromatic carbocycles. The summed E-state index contributed by atoms with van der Waals surface area (Å²) < 4.78 is 0. The minimum atomic E-state index is 0.129. The summed E-state index contributed by atoms with van der Waals surface area (Å²) in [5.74, 6) is 0. The first kappa shape index (κ1) is 11.5. The van der Waals surface area contributed by atoms with Gasteiger partial charge in [0, 0.05) is 5.03 Å². The molecular formula is C11H17Cl. The fourth-order valence-electron chi connectivity index (χ4n) is 0.863. The Labute approximate surface area is 80.6 Å². The van der Waals surface area contributed by atoms with E-state index in [0.717, 1.165) is 0 Å². The second-order valence-corrected chi connectivity index (χ2v) is 4.28. The van der Waals surface area contributed by atoms with Crippen LogP contribution in [0, 0.1) is 5.41 Å². The summed E-state index contributed by atoms with van der Waals surface area (Å²) in [4.78, 5) is 0. The molecule has 0 nitrogen and oxygen atoms in total. The first-order chi connectivity index (χ1) is 5.38. The van der Waals surface area contributed by atoms with Crippen LogP contribution in [0.3, 0.4) is 0 Å². The molecule has 0 N–H and O–H groups in total. The normalized spacial score (nSPS) is 13.9. The van der Waals surface area contributed by atoms with Gasteiger partial charge in [-0.2, -0.15) is 0 Å². The summed E-state index contributed by atoms with van der Waals surface area (Å²) in [6.45, 7) is 12.1. The van der Waals surface area contributed by atoms with Crippen LogP contribution in [0.2, 0.25) is 0 Å². The molecule has 0 fully saturated rings. The highest BCUT2D eigenvalue weighted by Crippen LogP contribution is 2.27. The van der Waals surface area contributed by atoms with Crippen LogP contribution in [0.4, 0.5) is 0 Å².